The van der Waals surface area contributed by atoms with Crippen LogP contribution in [-0.4, -0.2) is 19.1 Å². The van der Waals surface area contributed by atoms with E-state index in [2.05, 4.69) is 36.1 Å². The molecule has 0 amide bonds. The molecule has 2 N–H and O–H groups in total. The summed E-state index contributed by atoms with van der Waals surface area (Å²) in [5.74, 6) is 0. The number of nitrogens with two attached hydrogens (primary N) is 1. The van der Waals surface area contributed by atoms with Gasteiger partial charge in [-0.15, -0.1) is 0 Å². The van der Waals surface area contributed by atoms with Gasteiger partial charge >= 0.3 is 0 Å². The molecule has 0 aliphatic carbocycles. The van der Waals surface area contributed by atoms with Gasteiger partial charge in [-0.1, -0.05) is 18.2 Å². The number of para-hydroxylation sites is 1. The molecule has 0 bridgehead atoms. The van der Waals surface area contributed by atoms with Crippen molar-refractivity contribution in [2.45, 2.75) is 25.8 Å². The van der Waals surface area contributed by atoms with Crippen molar-refractivity contribution in [3.63, 3.8) is 0 Å². The average molecular weight is 190 g/mol. The number of hydrogen-bond acceptors (Lipinski definition) is 2. The fourth-order valence-electron chi connectivity index (χ4n) is 2.15. The second-order valence-electron chi connectivity index (χ2n) is 4.16. The summed E-state index contributed by atoms with van der Waals surface area (Å²) in [5, 5.41) is 0. The highest BCUT2D eigenvalue weighted by molar-refractivity contribution is 5.55. The van der Waals surface area contributed by atoms with Gasteiger partial charge in [0.05, 0.1) is 0 Å². The highest BCUT2D eigenvalue weighted by Gasteiger charge is 2.16. The molecule has 2 heteroatoms. The Morgan fingerprint density at radius 1 is 1.43 bits per heavy atom. The lowest BCUT2D eigenvalue weighted by Gasteiger charge is -2.32. The van der Waals surface area contributed by atoms with E-state index in [-0.39, 0.29) is 6.04 Å². The van der Waals surface area contributed by atoms with Crippen molar-refractivity contribution in [2.24, 2.45) is 5.73 Å². The zero-order valence-electron chi connectivity index (χ0n) is 8.74. The minimum Gasteiger partial charge on any atom is -0.370 e. The van der Waals surface area contributed by atoms with Crippen LogP contribution in [0.4, 0.5) is 5.69 Å². The fraction of sp³-hybridized carbons (Fsp3) is 0.500. The lowest BCUT2D eigenvalue weighted by atomic mass is 10.0. The third-order valence-corrected chi connectivity index (χ3v) is 2.71. The van der Waals surface area contributed by atoms with E-state index in [0.717, 1.165) is 13.1 Å². The number of aryl methyl sites for hydroxylation is 1. The van der Waals surface area contributed by atoms with Gasteiger partial charge in [0.25, 0.3) is 0 Å². The van der Waals surface area contributed by atoms with Crippen LogP contribution in [0.3, 0.4) is 0 Å². The van der Waals surface area contributed by atoms with Crippen LogP contribution >= 0.6 is 0 Å². The third-order valence-electron chi connectivity index (χ3n) is 2.71. The standard InChI is InChI=1S/C12H18N2/c1-10(13)9-14-8-4-6-11-5-2-3-7-12(11)14/h2-3,5,7,10H,4,6,8-9,13H2,1H3/t10-/m0/s1. The molecule has 0 spiro atoms. The Balaban J connectivity index is 2.22. The van der Waals surface area contributed by atoms with Gasteiger partial charge in [0.15, 0.2) is 0 Å². The van der Waals surface area contributed by atoms with Crippen molar-refractivity contribution in [3.05, 3.63) is 29.8 Å². The molecule has 14 heavy (non-hydrogen) atoms. The summed E-state index contributed by atoms with van der Waals surface area (Å²) in [5.41, 5.74) is 8.70. The van der Waals surface area contributed by atoms with Crippen molar-refractivity contribution < 1.29 is 0 Å². The van der Waals surface area contributed by atoms with E-state index in [1.54, 1.807) is 0 Å². The van der Waals surface area contributed by atoms with Gasteiger partial charge in [-0.05, 0) is 31.4 Å². The molecule has 1 aromatic carbocycles. The molecule has 2 rings (SSSR count). The van der Waals surface area contributed by atoms with E-state index in [1.807, 2.05) is 0 Å². The monoisotopic (exact) mass is 190 g/mol. The Bertz CT molecular complexity index is 307. The largest absolute Gasteiger partial charge is 0.370 e. The Morgan fingerprint density at radius 2 is 2.21 bits per heavy atom. The van der Waals surface area contributed by atoms with Crippen LogP contribution in [0.15, 0.2) is 24.3 Å². The van der Waals surface area contributed by atoms with E-state index >= 15 is 0 Å². The summed E-state index contributed by atoms with van der Waals surface area (Å²) >= 11 is 0. The second-order valence-corrected chi connectivity index (χ2v) is 4.16. The molecule has 0 saturated carbocycles. The van der Waals surface area contributed by atoms with E-state index in [0.29, 0.717) is 0 Å². The molecule has 0 saturated heterocycles. The Hall–Kier alpha value is -1.02. The van der Waals surface area contributed by atoms with Gasteiger partial charge in [0, 0.05) is 24.8 Å². The predicted octanol–water partition coefficient (Wildman–Crippen LogP) is 1.79. The van der Waals surface area contributed by atoms with Crippen molar-refractivity contribution in [1.29, 1.82) is 0 Å². The van der Waals surface area contributed by atoms with E-state index in [1.165, 1.54) is 24.1 Å². The average Bonchev–Trinajstić information content (AvgIpc) is 2.18. The third kappa shape index (κ3) is 1.90. The number of anilines is 1. The first kappa shape index (κ1) is 9.53. The number of benzene rings is 1. The Morgan fingerprint density at radius 3 is 3.00 bits per heavy atom. The molecule has 1 aliphatic rings. The first-order valence-corrected chi connectivity index (χ1v) is 5.36. The first-order chi connectivity index (χ1) is 6.77. The predicted molar refractivity (Wildman–Crippen MR) is 60.6 cm³/mol. The maximum Gasteiger partial charge on any atom is 0.0399 e. The van der Waals surface area contributed by atoms with Crippen molar-refractivity contribution in [2.75, 3.05) is 18.0 Å². The molecule has 0 fully saturated rings. The number of rotatable bonds is 2. The molecule has 1 heterocycles. The van der Waals surface area contributed by atoms with Crippen LogP contribution < -0.4 is 10.6 Å². The number of nitrogens with zero attached hydrogens (tertiary/aromatic N) is 1. The quantitative estimate of drug-likeness (QED) is 0.770. The zero-order chi connectivity index (χ0) is 9.97. The SMILES string of the molecule is C[C@H](N)CN1CCCc2ccccc21. The van der Waals surface area contributed by atoms with Crippen LogP contribution in [0.25, 0.3) is 0 Å². The summed E-state index contributed by atoms with van der Waals surface area (Å²) in [6.45, 7) is 4.19. The molecule has 2 nitrogen and oxygen atoms in total. The van der Waals surface area contributed by atoms with Crippen molar-refractivity contribution in [3.8, 4) is 0 Å². The van der Waals surface area contributed by atoms with Gasteiger partial charge in [0.2, 0.25) is 0 Å². The van der Waals surface area contributed by atoms with Crippen molar-refractivity contribution in [1.82, 2.24) is 0 Å². The van der Waals surface area contributed by atoms with Gasteiger partial charge in [-0.3, -0.25) is 0 Å². The summed E-state index contributed by atoms with van der Waals surface area (Å²) in [4.78, 5) is 2.41. The van der Waals surface area contributed by atoms with E-state index in [9.17, 15) is 0 Å². The molecular weight excluding hydrogens is 172 g/mol. The van der Waals surface area contributed by atoms with Crippen LogP contribution in [0.2, 0.25) is 0 Å². The highest BCUT2D eigenvalue weighted by atomic mass is 15.1. The van der Waals surface area contributed by atoms with Gasteiger partial charge in [-0.25, -0.2) is 0 Å². The molecule has 76 valence electrons. The maximum absolute atomic E-state index is 5.84. The van der Waals surface area contributed by atoms with E-state index < -0.39 is 0 Å². The lowest BCUT2D eigenvalue weighted by Crippen LogP contribution is -2.38. The minimum atomic E-state index is 0.251. The van der Waals surface area contributed by atoms with Gasteiger partial charge in [-0.2, -0.15) is 0 Å². The summed E-state index contributed by atoms with van der Waals surface area (Å²) in [6.07, 6.45) is 2.47. The Labute approximate surface area is 85.7 Å². The normalized spacial score (nSPS) is 17.7. The lowest BCUT2D eigenvalue weighted by molar-refractivity contribution is 0.634. The smallest absolute Gasteiger partial charge is 0.0399 e. The number of fused-ring (bicyclic) bond motifs is 1. The molecule has 1 aliphatic heterocycles. The van der Waals surface area contributed by atoms with Crippen LogP contribution in [0, 0.1) is 0 Å². The minimum absolute atomic E-state index is 0.251. The van der Waals surface area contributed by atoms with Gasteiger partial charge in [0.1, 0.15) is 0 Å². The molecule has 1 aromatic rings. The fourth-order valence-corrected chi connectivity index (χ4v) is 2.15. The van der Waals surface area contributed by atoms with Crippen LogP contribution in [-0.2, 0) is 6.42 Å². The highest BCUT2D eigenvalue weighted by Crippen LogP contribution is 2.26. The molecular formula is C12H18N2. The topological polar surface area (TPSA) is 29.3 Å². The summed E-state index contributed by atoms with van der Waals surface area (Å²) in [6, 6.07) is 8.91. The van der Waals surface area contributed by atoms with Crippen LogP contribution in [0.5, 0.6) is 0 Å². The summed E-state index contributed by atoms with van der Waals surface area (Å²) < 4.78 is 0. The van der Waals surface area contributed by atoms with E-state index in [4.69, 9.17) is 5.73 Å². The summed E-state index contributed by atoms with van der Waals surface area (Å²) in [7, 11) is 0. The van der Waals surface area contributed by atoms with Crippen molar-refractivity contribution >= 4 is 5.69 Å². The zero-order valence-corrected chi connectivity index (χ0v) is 8.74. The van der Waals surface area contributed by atoms with Crippen LogP contribution in [0.1, 0.15) is 18.9 Å². The molecule has 0 radical (unpaired) electrons. The molecule has 0 aromatic heterocycles. The number of hydrogen-bond donors (Lipinski definition) is 1. The maximum atomic E-state index is 5.84. The Kier molecular flexibility index (Phi) is 2.73. The van der Waals surface area contributed by atoms with Gasteiger partial charge < -0.3 is 10.6 Å². The second kappa shape index (κ2) is 4.01. The molecule has 0 unspecified atom stereocenters. The molecule has 1 atom stereocenters. The first-order valence-electron chi connectivity index (χ1n) is 5.36.